The van der Waals surface area contributed by atoms with Crippen LogP contribution in [0.2, 0.25) is 0 Å². The summed E-state index contributed by atoms with van der Waals surface area (Å²) in [6.07, 6.45) is 0.635. The first-order valence-corrected chi connectivity index (χ1v) is 8.84. The Morgan fingerprint density at radius 1 is 0.923 bits per heavy atom. The van der Waals surface area contributed by atoms with E-state index in [4.69, 9.17) is 0 Å². The second-order valence-electron chi connectivity index (χ2n) is 6.79. The van der Waals surface area contributed by atoms with Gasteiger partial charge in [-0.15, -0.1) is 0 Å². The van der Waals surface area contributed by atoms with Crippen molar-refractivity contribution in [3.05, 3.63) is 65.2 Å². The zero-order valence-corrected chi connectivity index (χ0v) is 14.6. The second kappa shape index (κ2) is 8.58. The molecule has 0 saturated carbocycles. The molecule has 2 aromatic carbocycles. The van der Waals surface area contributed by atoms with Gasteiger partial charge in [-0.1, -0.05) is 18.2 Å². The average Bonchev–Trinajstić information content (AvgIpc) is 2.62. The molecule has 0 radical (unpaired) electrons. The molecule has 0 spiro atoms. The molecule has 1 unspecified atom stereocenters. The molecule has 4 nitrogen and oxygen atoms in total. The number of piperazine rings is 1. The number of hydrogen-bond donors (Lipinski definition) is 2. The van der Waals surface area contributed by atoms with Crippen LogP contribution in [0.15, 0.2) is 42.5 Å². The van der Waals surface area contributed by atoms with E-state index in [1.165, 1.54) is 6.07 Å². The van der Waals surface area contributed by atoms with Gasteiger partial charge in [0, 0.05) is 45.4 Å². The van der Waals surface area contributed by atoms with E-state index in [9.17, 15) is 19.0 Å². The number of aromatic hydroxyl groups is 1. The van der Waals surface area contributed by atoms with Crippen LogP contribution in [0.5, 0.6) is 5.75 Å². The lowest BCUT2D eigenvalue weighted by molar-refractivity contribution is 0.0499. The fourth-order valence-corrected chi connectivity index (χ4v) is 3.46. The monoisotopic (exact) mass is 362 g/mol. The van der Waals surface area contributed by atoms with Gasteiger partial charge in [-0.3, -0.25) is 9.80 Å². The molecule has 26 heavy (non-hydrogen) atoms. The van der Waals surface area contributed by atoms with Gasteiger partial charge in [-0.05, 0) is 41.8 Å². The van der Waals surface area contributed by atoms with Crippen LogP contribution in [-0.4, -0.2) is 52.3 Å². The first-order valence-electron chi connectivity index (χ1n) is 8.84. The quantitative estimate of drug-likeness (QED) is 0.830. The van der Waals surface area contributed by atoms with Crippen LogP contribution in [0.1, 0.15) is 17.5 Å². The van der Waals surface area contributed by atoms with Crippen LogP contribution in [-0.2, 0) is 13.1 Å². The highest BCUT2D eigenvalue weighted by atomic mass is 19.2. The van der Waals surface area contributed by atoms with E-state index >= 15 is 0 Å². The summed E-state index contributed by atoms with van der Waals surface area (Å²) in [7, 11) is 0. The van der Waals surface area contributed by atoms with Gasteiger partial charge in [0.05, 0.1) is 0 Å². The van der Waals surface area contributed by atoms with Crippen molar-refractivity contribution in [1.82, 2.24) is 9.80 Å². The van der Waals surface area contributed by atoms with Crippen molar-refractivity contribution in [2.45, 2.75) is 25.6 Å². The third kappa shape index (κ3) is 4.78. The molecule has 1 aliphatic heterocycles. The summed E-state index contributed by atoms with van der Waals surface area (Å²) in [5.41, 5.74) is 1.86. The third-order valence-electron chi connectivity index (χ3n) is 4.86. The standard InChI is InChI=1S/C20H24F2N2O2/c21-19-6-3-16(11-20(19)22)13-24-9-8-23(14-17(24)7-10-25)12-15-1-4-18(26)5-2-15/h1-6,11,17,25-26H,7-10,12-14H2. The summed E-state index contributed by atoms with van der Waals surface area (Å²) >= 11 is 0. The number of rotatable bonds is 6. The largest absolute Gasteiger partial charge is 0.508 e. The SMILES string of the molecule is OCCC1CN(Cc2ccc(O)cc2)CCN1Cc1ccc(F)c(F)c1. The van der Waals surface area contributed by atoms with Gasteiger partial charge in [0.2, 0.25) is 0 Å². The van der Waals surface area contributed by atoms with Gasteiger partial charge < -0.3 is 10.2 Å². The number of phenolic OH excluding ortho intramolecular Hbond substituents is 1. The summed E-state index contributed by atoms with van der Waals surface area (Å²) in [6.45, 7) is 3.85. The molecule has 0 amide bonds. The van der Waals surface area contributed by atoms with Crippen molar-refractivity contribution in [2.75, 3.05) is 26.2 Å². The maximum absolute atomic E-state index is 13.5. The van der Waals surface area contributed by atoms with Gasteiger partial charge in [-0.2, -0.15) is 0 Å². The van der Waals surface area contributed by atoms with Crippen LogP contribution in [0.25, 0.3) is 0 Å². The van der Waals surface area contributed by atoms with E-state index in [1.54, 1.807) is 18.2 Å². The minimum atomic E-state index is -0.834. The Morgan fingerprint density at radius 2 is 1.65 bits per heavy atom. The predicted octanol–water partition coefficient (Wildman–Crippen LogP) is 2.74. The summed E-state index contributed by atoms with van der Waals surface area (Å²) in [5.74, 6) is -1.41. The van der Waals surface area contributed by atoms with Crippen LogP contribution in [0, 0.1) is 11.6 Å². The summed E-state index contributed by atoms with van der Waals surface area (Å²) in [5, 5.41) is 18.8. The van der Waals surface area contributed by atoms with Gasteiger partial charge in [-0.25, -0.2) is 8.78 Å². The molecule has 140 valence electrons. The average molecular weight is 362 g/mol. The van der Waals surface area contributed by atoms with Crippen molar-refractivity contribution in [3.8, 4) is 5.75 Å². The van der Waals surface area contributed by atoms with Gasteiger partial charge in [0.25, 0.3) is 0 Å². The van der Waals surface area contributed by atoms with Crippen molar-refractivity contribution in [1.29, 1.82) is 0 Å². The van der Waals surface area contributed by atoms with Crippen LogP contribution < -0.4 is 0 Å². The molecule has 1 fully saturated rings. The minimum Gasteiger partial charge on any atom is -0.508 e. The Balaban J connectivity index is 1.63. The number of benzene rings is 2. The Kier molecular flexibility index (Phi) is 6.19. The Hall–Kier alpha value is -2.02. The highest BCUT2D eigenvalue weighted by Crippen LogP contribution is 2.20. The molecule has 0 bridgehead atoms. The van der Waals surface area contributed by atoms with E-state index in [2.05, 4.69) is 9.80 Å². The first kappa shape index (κ1) is 18.8. The van der Waals surface area contributed by atoms with Crippen LogP contribution in [0.4, 0.5) is 8.78 Å². The second-order valence-corrected chi connectivity index (χ2v) is 6.79. The lowest BCUT2D eigenvalue weighted by Gasteiger charge is -2.41. The number of aliphatic hydroxyl groups excluding tert-OH is 1. The van der Waals surface area contributed by atoms with E-state index in [0.717, 1.165) is 43.4 Å². The molecule has 0 aromatic heterocycles. The number of nitrogens with zero attached hydrogens (tertiary/aromatic N) is 2. The van der Waals surface area contributed by atoms with Crippen LogP contribution in [0.3, 0.4) is 0 Å². The summed E-state index contributed by atoms with van der Waals surface area (Å²) in [6, 6.07) is 11.3. The Bertz CT molecular complexity index is 724. The summed E-state index contributed by atoms with van der Waals surface area (Å²) < 4.78 is 26.6. The molecule has 1 saturated heterocycles. The Labute approximate surface area is 152 Å². The van der Waals surface area contributed by atoms with Crippen LogP contribution >= 0.6 is 0 Å². The van der Waals surface area contributed by atoms with Crippen molar-refractivity contribution in [2.24, 2.45) is 0 Å². The number of phenols is 1. The maximum atomic E-state index is 13.5. The molecule has 6 heteroatoms. The molecular formula is C20H24F2N2O2. The molecule has 1 aliphatic rings. The topological polar surface area (TPSA) is 46.9 Å². The zero-order valence-electron chi connectivity index (χ0n) is 14.6. The molecule has 1 heterocycles. The van der Waals surface area contributed by atoms with E-state index < -0.39 is 11.6 Å². The van der Waals surface area contributed by atoms with Gasteiger partial charge in [0.15, 0.2) is 11.6 Å². The zero-order chi connectivity index (χ0) is 18.5. The number of hydrogen-bond acceptors (Lipinski definition) is 4. The smallest absolute Gasteiger partial charge is 0.159 e. The van der Waals surface area contributed by atoms with E-state index in [0.29, 0.717) is 13.0 Å². The molecule has 2 N–H and O–H groups in total. The van der Waals surface area contributed by atoms with E-state index in [-0.39, 0.29) is 18.4 Å². The fourth-order valence-electron chi connectivity index (χ4n) is 3.46. The molecular weight excluding hydrogens is 338 g/mol. The molecule has 2 aromatic rings. The highest BCUT2D eigenvalue weighted by Gasteiger charge is 2.26. The third-order valence-corrected chi connectivity index (χ3v) is 4.86. The van der Waals surface area contributed by atoms with Crippen molar-refractivity contribution in [3.63, 3.8) is 0 Å². The molecule has 1 atom stereocenters. The Morgan fingerprint density at radius 3 is 2.35 bits per heavy atom. The number of aliphatic hydroxyl groups is 1. The van der Waals surface area contributed by atoms with Gasteiger partial charge >= 0.3 is 0 Å². The lowest BCUT2D eigenvalue weighted by atomic mass is 10.1. The lowest BCUT2D eigenvalue weighted by Crippen LogP contribution is -2.52. The molecule has 0 aliphatic carbocycles. The highest BCUT2D eigenvalue weighted by molar-refractivity contribution is 5.26. The van der Waals surface area contributed by atoms with Gasteiger partial charge in [0.1, 0.15) is 5.75 Å². The van der Waals surface area contributed by atoms with Crippen molar-refractivity contribution >= 4 is 0 Å². The van der Waals surface area contributed by atoms with Crippen molar-refractivity contribution < 1.29 is 19.0 Å². The maximum Gasteiger partial charge on any atom is 0.159 e. The number of halogens is 2. The fraction of sp³-hybridized carbons (Fsp3) is 0.400. The summed E-state index contributed by atoms with van der Waals surface area (Å²) in [4.78, 5) is 4.53. The normalized spacial score (nSPS) is 19.0. The predicted molar refractivity (Wildman–Crippen MR) is 95.6 cm³/mol. The molecule has 3 rings (SSSR count). The first-order chi connectivity index (χ1) is 12.5. The van der Waals surface area contributed by atoms with E-state index in [1.807, 2.05) is 12.1 Å². The minimum absolute atomic E-state index is 0.0893.